The summed E-state index contributed by atoms with van der Waals surface area (Å²) in [6.45, 7) is 0. The molecule has 0 aromatic heterocycles. The number of hydrogen-bond donors (Lipinski definition) is 2. The number of hydrazine groups is 1. The van der Waals surface area contributed by atoms with Crippen LogP contribution in [0.3, 0.4) is 0 Å². The largest absolute Gasteiger partial charge is 0.271 e. The summed E-state index contributed by atoms with van der Waals surface area (Å²) in [6.07, 6.45) is 0.506. The van der Waals surface area contributed by atoms with Crippen LogP contribution in [0.25, 0.3) is 0 Å². The van der Waals surface area contributed by atoms with E-state index in [9.17, 15) is 4.39 Å². The topological polar surface area (TPSA) is 38.0 Å². The van der Waals surface area contributed by atoms with E-state index in [1.54, 1.807) is 6.07 Å². The minimum atomic E-state index is -0.304. The molecule has 0 spiro atoms. The highest BCUT2D eigenvalue weighted by atomic mass is 127. The van der Waals surface area contributed by atoms with Gasteiger partial charge in [-0.2, -0.15) is 0 Å². The Balaban J connectivity index is 2.33. The van der Waals surface area contributed by atoms with Gasteiger partial charge in [-0.15, -0.1) is 0 Å². The number of benzene rings is 2. The van der Waals surface area contributed by atoms with Crippen molar-refractivity contribution in [3.8, 4) is 0 Å². The molecule has 106 valence electrons. The number of halogens is 4. The Morgan fingerprint density at radius 1 is 1.30 bits per heavy atom. The molecule has 2 aromatic rings. The number of hydrogen-bond acceptors (Lipinski definition) is 2. The minimum absolute atomic E-state index is 0.154. The molecular weight excluding hydrogens is 457 g/mol. The lowest BCUT2D eigenvalue weighted by atomic mass is 9.99. The van der Waals surface area contributed by atoms with E-state index in [1.165, 1.54) is 12.1 Å². The van der Waals surface area contributed by atoms with Gasteiger partial charge in [0.1, 0.15) is 5.82 Å². The Morgan fingerprint density at radius 3 is 2.75 bits per heavy atom. The van der Waals surface area contributed by atoms with Gasteiger partial charge >= 0.3 is 0 Å². The molecule has 0 saturated heterocycles. The monoisotopic (exact) mass is 468 g/mol. The first-order valence-corrected chi connectivity index (χ1v) is 8.11. The van der Waals surface area contributed by atoms with Crippen LogP contribution in [0.1, 0.15) is 17.2 Å². The molecular formula is C14H12BrClFIN2. The second-order valence-corrected chi connectivity index (χ2v) is 6.83. The third-order valence-electron chi connectivity index (χ3n) is 2.97. The molecule has 6 heteroatoms. The maximum atomic E-state index is 13.3. The van der Waals surface area contributed by atoms with Crippen molar-refractivity contribution >= 4 is 50.1 Å². The van der Waals surface area contributed by atoms with E-state index >= 15 is 0 Å². The lowest BCUT2D eigenvalue weighted by Crippen LogP contribution is -2.30. The fourth-order valence-corrected chi connectivity index (χ4v) is 3.19. The average molecular weight is 470 g/mol. The van der Waals surface area contributed by atoms with Gasteiger partial charge in [-0.05, 0) is 76.5 Å². The van der Waals surface area contributed by atoms with Crippen LogP contribution in [0, 0.1) is 9.39 Å². The molecule has 2 rings (SSSR count). The zero-order valence-corrected chi connectivity index (χ0v) is 14.8. The zero-order chi connectivity index (χ0) is 14.7. The van der Waals surface area contributed by atoms with E-state index < -0.39 is 0 Å². The normalized spacial score (nSPS) is 12.4. The summed E-state index contributed by atoms with van der Waals surface area (Å²) in [6, 6.07) is 10.2. The average Bonchev–Trinajstić information content (AvgIpc) is 2.42. The second kappa shape index (κ2) is 7.17. The molecule has 0 saturated carbocycles. The van der Waals surface area contributed by atoms with E-state index in [2.05, 4.69) is 43.9 Å². The molecule has 0 radical (unpaired) electrons. The highest BCUT2D eigenvalue weighted by Crippen LogP contribution is 2.29. The van der Waals surface area contributed by atoms with E-state index in [-0.39, 0.29) is 11.9 Å². The van der Waals surface area contributed by atoms with Crippen LogP contribution in [0.2, 0.25) is 5.02 Å². The quantitative estimate of drug-likeness (QED) is 0.391. The van der Waals surface area contributed by atoms with Gasteiger partial charge in [-0.25, -0.2) is 4.39 Å². The fourth-order valence-electron chi connectivity index (χ4n) is 1.96. The predicted octanol–water partition coefficient (Wildman–Crippen LogP) is 4.59. The van der Waals surface area contributed by atoms with Crippen LogP contribution in [0.4, 0.5) is 4.39 Å². The van der Waals surface area contributed by atoms with E-state index in [1.807, 2.05) is 18.2 Å². The lowest BCUT2D eigenvalue weighted by molar-refractivity contribution is 0.546. The number of nitrogens with one attached hydrogen (secondary N) is 1. The van der Waals surface area contributed by atoms with Gasteiger partial charge in [0.05, 0.1) is 6.04 Å². The Bertz CT molecular complexity index is 624. The SMILES string of the molecule is NNC(Cc1cc(F)ccc1Cl)c1cc(I)ccc1Br. The fraction of sp³-hybridized carbons (Fsp3) is 0.143. The molecule has 0 fully saturated rings. The van der Waals surface area contributed by atoms with E-state index in [0.717, 1.165) is 19.2 Å². The van der Waals surface area contributed by atoms with Gasteiger partial charge in [0, 0.05) is 13.1 Å². The number of rotatable bonds is 4. The van der Waals surface area contributed by atoms with Crippen LogP contribution in [-0.2, 0) is 6.42 Å². The molecule has 2 aromatic carbocycles. The Morgan fingerprint density at radius 2 is 2.05 bits per heavy atom. The smallest absolute Gasteiger partial charge is 0.123 e. The minimum Gasteiger partial charge on any atom is -0.271 e. The van der Waals surface area contributed by atoms with Gasteiger partial charge in [0.15, 0.2) is 0 Å². The van der Waals surface area contributed by atoms with Crippen LogP contribution < -0.4 is 11.3 Å². The zero-order valence-electron chi connectivity index (χ0n) is 10.3. The number of nitrogens with two attached hydrogens (primary N) is 1. The molecule has 0 aliphatic carbocycles. The highest BCUT2D eigenvalue weighted by molar-refractivity contribution is 14.1. The van der Waals surface area contributed by atoms with Gasteiger partial charge in [-0.3, -0.25) is 11.3 Å². The van der Waals surface area contributed by atoms with E-state index in [0.29, 0.717) is 11.4 Å². The summed E-state index contributed by atoms with van der Waals surface area (Å²) >= 11 is 11.9. The Hall–Kier alpha value is -0.210. The molecule has 2 nitrogen and oxygen atoms in total. The molecule has 3 N–H and O–H groups in total. The Labute approximate surface area is 144 Å². The second-order valence-electron chi connectivity index (χ2n) is 4.32. The van der Waals surface area contributed by atoms with Crippen molar-refractivity contribution in [3.63, 3.8) is 0 Å². The van der Waals surface area contributed by atoms with Gasteiger partial charge < -0.3 is 0 Å². The van der Waals surface area contributed by atoms with E-state index in [4.69, 9.17) is 17.4 Å². The van der Waals surface area contributed by atoms with Crippen LogP contribution in [-0.4, -0.2) is 0 Å². The predicted molar refractivity (Wildman–Crippen MR) is 92.0 cm³/mol. The van der Waals surface area contributed by atoms with Crippen LogP contribution in [0.5, 0.6) is 0 Å². The first kappa shape index (κ1) is 16.2. The van der Waals surface area contributed by atoms with Crippen LogP contribution in [0.15, 0.2) is 40.9 Å². The Kier molecular flexibility index (Phi) is 5.80. The van der Waals surface area contributed by atoms with Gasteiger partial charge in [0.2, 0.25) is 0 Å². The molecule has 0 amide bonds. The van der Waals surface area contributed by atoms with Crippen molar-refractivity contribution in [1.82, 2.24) is 5.43 Å². The van der Waals surface area contributed by atoms with Gasteiger partial charge in [0.25, 0.3) is 0 Å². The molecule has 1 unspecified atom stereocenters. The summed E-state index contributed by atoms with van der Waals surface area (Å²) in [5.74, 6) is 5.35. The van der Waals surface area contributed by atoms with Crippen molar-refractivity contribution in [2.45, 2.75) is 12.5 Å². The molecule has 1 atom stereocenters. The summed E-state index contributed by atoms with van der Waals surface area (Å²) in [5.41, 5.74) is 4.50. The standard InChI is InChI=1S/C14H12BrClFIN2/c15-12-3-2-10(18)7-11(12)14(20-19)6-8-5-9(17)1-4-13(8)16/h1-5,7,14,20H,6,19H2. The maximum absolute atomic E-state index is 13.3. The summed E-state index contributed by atoms with van der Waals surface area (Å²) in [4.78, 5) is 0. The lowest BCUT2D eigenvalue weighted by Gasteiger charge is -2.19. The third-order valence-corrected chi connectivity index (χ3v) is 4.73. The summed E-state index contributed by atoms with van der Waals surface area (Å²) in [5, 5.41) is 0.536. The van der Waals surface area contributed by atoms with Crippen LogP contribution >= 0.6 is 50.1 Å². The molecule has 0 aliphatic rings. The van der Waals surface area contributed by atoms with Crippen molar-refractivity contribution in [2.75, 3.05) is 0 Å². The summed E-state index contributed by atoms with van der Waals surface area (Å²) < 4.78 is 15.4. The van der Waals surface area contributed by atoms with Gasteiger partial charge in [-0.1, -0.05) is 27.5 Å². The first-order valence-electron chi connectivity index (χ1n) is 5.86. The molecule has 0 bridgehead atoms. The molecule has 0 heterocycles. The highest BCUT2D eigenvalue weighted by Gasteiger charge is 2.16. The maximum Gasteiger partial charge on any atom is 0.123 e. The van der Waals surface area contributed by atoms with Crippen molar-refractivity contribution in [2.24, 2.45) is 5.84 Å². The summed E-state index contributed by atoms with van der Waals surface area (Å²) in [7, 11) is 0. The van der Waals surface area contributed by atoms with Crippen molar-refractivity contribution < 1.29 is 4.39 Å². The van der Waals surface area contributed by atoms with Crippen molar-refractivity contribution in [3.05, 3.63) is 66.4 Å². The molecule has 20 heavy (non-hydrogen) atoms. The molecule has 0 aliphatic heterocycles. The van der Waals surface area contributed by atoms with Crippen molar-refractivity contribution in [1.29, 1.82) is 0 Å². The third kappa shape index (κ3) is 3.92. The first-order chi connectivity index (χ1) is 9.51.